The van der Waals surface area contributed by atoms with Gasteiger partial charge in [0.05, 0.1) is 5.39 Å². The lowest BCUT2D eigenvalue weighted by Crippen LogP contribution is -2.01. The van der Waals surface area contributed by atoms with Gasteiger partial charge in [-0.15, -0.1) is 0 Å². The second-order valence-corrected chi connectivity index (χ2v) is 13.0. The van der Waals surface area contributed by atoms with Gasteiger partial charge in [-0.3, -0.25) is 0 Å². The Morgan fingerprint density at radius 1 is 0.365 bits per heavy atom. The maximum Gasteiger partial charge on any atom is 0.227 e. The molecule has 52 heavy (non-hydrogen) atoms. The first kappa shape index (κ1) is 28.6. The number of fused-ring (bicyclic) bond motifs is 8. The second-order valence-electron chi connectivity index (χ2n) is 13.0. The summed E-state index contributed by atoms with van der Waals surface area (Å²) in [7, 11) is 0. The first-order chi connectivity index (χ1) is 25.8. The molecule has 0 fully saturated rings. The van der Waals surface area contributed by atoms with Crippen molar-refractivity contribution in [2.24, 2.45) is 0 Å². The highest BCUT2D eigenvalue weighted by Crippen LogP contribution is 2.41. The number of hydrogen-bond donors (Lipinski definition) is 0. The molecule has 11 aromatic rings. The summed E-state index contributed by atoms with van der Waals surface area (Å²) in [5.74, 6) is 1.78. The number of furan rings is 2. The zero-order valence-electron chi connectivity index (χ0n) is 27.6. The zero-order valence-corrected chi connectivity index (χ0v) is 27.6. The maximum atomic E-state index is 6.27. The molecule has 7 aromatic carbocycles. The molecule has 0 amide bonds. The molecule has 0 N–H and O–H groups in total. The summed E-state index contributed by atoms with van der Waals surface area (Å²) >= 11 is 0. The van der Waals surface area contributed by atoms with Crippen LogP contribution in [0.25, 0.3) is 111 Å². The van der Waals surface area contributed by atoms with Gasteiger partial charge in [0, 0.05) is 39.0 Å². The van der Waals surface area contributed by atoms with Crippen LogP contribution in [0.1, 0.15) is 0 Å². The molecule has 0 atom stereocenters. The molecule has 0 spiro atoms. The van der Waals surface area contributed by atoms with E-state index in [9.17, 15) is 0 Å². The minimum absolute atomic E-state index is 0.583. The number of benzene rings is 7. The Morgan fingerprint density at radius 2 is 0.962 bits per heavy atom. The molecule has 11 rings (SSSR count). The maximum absolute atomic E-state index is 6.27. The largest absolute Gasteiger partial charge is 0.456 e. The third kappa shape index (κ3) is 4.38. The third-order valence-electron chi connectivity index (χ3n) is 10.0. The summed E-state index contributed by atoms with van der Waals surface area (Å²) in [6.45, 7) is 0. The number of para-hydroxylation sites is 2. The first-order valence-electron chi connectivity index (χ1n) is 17.2. The monoisotopic (exact) mass is 666 g/mol. The zero-order chi connectivity index (χ0) is 34.2. The van der Waals surface area contributed by atoms with Crippen molar-refractivity contribution in [1.82, 2.24) is 19.9 Å². The molecule has 0 radical (unpaired) electrons. The van der Waals surface area contributed by atoms with Crippen LogP contribution in [0.2, 0.25) is 0 Å². The van der Waals surface area contributed by atoms with Crippen molar-refractivity contribution in [3.63, 3.8) is 0 Å². The molecule has 6 nitrogen and oxygen atoms in total. The van der Waals surface area contributed by atoms with Gasteiger partial charge in [0.25, 0.3) is 0 Å². The normalized spacial score (nSPS) is 11.8. The summed E-state index contributed by atoms with van der Waals surface area (Å²) < 4.78 is 12.4. The van der Waals surface area contributed by atoms with Crippen molar-refractivity contribution in [2.75, 3.05) is 0 Å². The molecule has 6 heteroatoms. The van der Waals surface area contributed by atoms with Crippen molar-refractivity contribution in [1.29, 1.82) is 0 Å². The van der Waals surface area contributed by atoms with Crippen LogP contribution in [0.5, 0.6) is 0 Å². The summed E-state index contributed by atoms with van der Waals surface area (Å²) in [6, 6.07) is 51.8. The van der Waals surface area contributed by atoms with Crippen LogP contribution in [0.15, 0.2) is 167 Å². The van der Waals surface area contributed by atoms with Crippen molar-refractivity contribution in [2.45, 2.75) is 0 Å². The lowest BCUT2D eigenvalue weighted by molar-refractivity contribution is 0.654. The minimum atomic E-state index is 0.583. The fraction of sp³-hybridized carbons (Fsp3) is 0. The van der Waals surface area contributed by atoms with Crippen molar-refractivity contribution >= 4 is 65.6 Å². The van der Waals surface area contributed by atoms with Gasteiger partial charge in [-0.2, -0.15) is 0 Å². The van der Waals surface area contributed by atoms with E-state index in [1.165, 1.54) is 0 Å². The van der Waals surface area contributed by atoms with E-state index in [0.29, 0.717) is 23.2 Å². The molecule has 0 aliphatic carbocycles. The third-order valence-corrected chi connectivity index (χ3v) is 10.0. The van der Waals surface area contributed by atoms with Crippen LogP contribution < -0.4 is 0 Å². The number of hydrogen-bond acceptors (Lipinski definition) is 6. The summed E-state index contributed by atoms with van der Waals surface area (Å²) in [4.78, 5) is 20.2. The topological polar surface area (TPSA) is 77.8 Å². The van der Waals surface area contributed by atoms with Gasteiger partial charge >= 0.3 is 0 Å². The second kappa shape index (κ2) is 11.2. The molecular formula is C46H26N4O2. The quantitative estimate of drug-likeness (QED) is 0.186. The Labute approximate surface area is 296 Å². The molecular weight excluding hydrogens is 641 g/mol. The van der Waals surface area contributed by atoms with Crippen LogP contribution in [0.4, 0.5) is 0 Å². The van der Waals surface area contributed by atoms with E-state index in [1.807, 2.05) is 54.7 Å². The van der Waals surface area contributed by atoms with E-state index in [2.05, 4.69) is 108 Å². The fourth-order valence-corrected chi connectivity index (χ4v) is 7.65. The van der Waals surface area contributed by atoms with Crippen LogP contribution >= 0.6 is 0 Å². The van der Waals surface area contributed by atoms with Crippen LogP contribution in [-0.4, -0.2) is 19.9 Å². The van der Waals surface area contributed by atoms with E-state index in [0.717, 1.165) is 87.7 Å². The lowest BCUT2D eigenvalue weighted by atomic mass is 9.93. The summed E-state index contributed by atoms with van der Waals surface area (Å²) in [5, 5.41) is 8.43. The number of rotatable bonds is 4. The number of aromatic nitrogens is 4. The molecule has 4 aromatic heterocycles. The lowest BCUT2D eigenvalue weighted by Gasteiger charge is -2.13. The Hall–Kier alpha value is -7.18. The SMILES string of the molecule is c1ccc2cc(-c3nc(-c4cccc5c(-c6ccnc7oc8ccccc8c67)cccc45)nc(-c4cccc5oc6ccccc6c45)n3)ccc2c1. The molecule has 0 saturated carbocycles. The van der Waals surface area contributed by atoms with E-state index < -0.39 is 0 Å². The summed E-state index contributed by atoms with van der Waals surface area (Å²) in [5.41, 5.74) is 7.91. The van der Waals surface area contributed by atoms with Gasteiger partial charge in [-0.25, -0.2) is 19.9 Å². The Morgan fingerprint density at radius 3 is 1.81 bits per heavy atom. The van der Waals surface area contributed by atoms with Crippen LogP contribution in [0.3, 0.4) is 0 Å². The van der Waals surface area contributed by atoms with Crippen molar-refractivity contribution in [3.05, 3.63) is 158 Å². The molecule has 0 unspecified atom stereocenters. The van der Waals surface area contributed by atoms with Gasteiger partial charge in [0.2, 0.25) is 5.71 Å². The number of nitrogens with zero attached hydrogens (tertiary/aromatic N) is 4. The van der Waals surface area contributed by atoms with Crippen molar-refractivity contribution in [3.8, 4) is 45.3 Å². The van der Waals surface area contributed by atoms with E-state index in [4.69, 9.17) is 23.8 Å². The van der Waals surface area contributed by atoms with Gasteiger partial charge in [0.15, 0.2) is 17.5 Å². The van der Waals surface area contributed by atoms with Crippen LogP contribution in [-0.2, 0) is 0 Å². The molecule has 4 heterocycles. The standard InChI is InChI=1S/C46H26N4O2/c1-2-11-28-26-29(23-22-27(28)10-1)43-48-44(50-45(49-43)37-18-9-21-40-41(37)35-12-3-5-19-38(35)51-40)34-17-8-14-30-31(15-7-16-32(30)34)33-24-25-47-46-42(33)36-13-4-6-20-39(36)52-46/h1-26H. The van der Waals surface area contributed by atoms with E-state index >= 15 is 0 Å². The average molecular weight is 667 g/mol. The van der Waals surface area contributed by atoms with Gasteiger partial charge < -0.3 is 8.83 Å². The Kier molecular flexibility index (Phi) is 6.15. The van der Waals surface area contributed by atoms with Crippen LogP contribution in [0, 0.1) is 0 Å². The van der Waals surface area contributed by atoms with Gasteiger partial charge in [0.1, 0.15) is 16.7 Å². The number of pyridine rings is 1. The van der Waals surface area contributed by atoms with Crippen molar-refractivity contribution < 1.29 is 8.83 Å². The van der Waals surface area contributed by atoms with Gasteiger partial charge in [-0.05, 0) is 63.0 Å². The predicted octanol–water partition coefficient (Wildman–Crippen LogP) is 12.0. The minimum Gasteiger partial charge on any atom is -0.456 e. The molecule has 0 saturated heterocycles. The fourth-order valence-electron chi connectivity index (χ4n) is 7.65. The Bertz CT molecular complexity index is 3210. The summed E-state index contributed by atoms with van der Waals surface area (Å²) in [6.07, 6.45) is 1.82. The predicted molar refractivity (Wildman–Crippen MR) is 209 cm³/mol. The Balaban J connectivity index is 1.17. The first-order valence-corrected chi connectivity index (χ1v) is 17.2. The highest BCUT2D eigenvalue weighted by molar-refractivity contribution is 6.15. The molecule has 242 valence electrons. The van der Waals surface area contributed by atoms with Gasteiger partial charge in [-0.1, -0.05) is 121 Å². The smallest absolute Gasteiger partial charge is 0.227 e. The molecule has 0 aliphatic rings. The highest BCUT2D eigenvalue weighted by atomic mass is 16.3. The average Bonchev–Trinajstić information content (AvgIpc) is 3.79. The van der Waals surface area contributed by atoms with E-state index in [-0.39, 0.29) is 0 Å². The molecule has 0 bridgehead atoms. The molecule has 0 aliphatic heterocycles. The van der Waals surface area contributed by atoms with E-state index in [1.54, 1.807) is 0 Å². The highest BCUT2D eigenvalue weighted by Gasteiger charge is 2.20.